The first kappa shape index (κ1) is 22.1. The molecule has 2 fully saturated rings. The van der Waals surface area contributed by atoms with Gasteiger partial charge in [-0.1, -0.05) is 24.3 Å². The van der Waals surface area contributed by atoms with Gasteiger partial charge in [0.05, 0.1) is 6.61 Å². The molecule has 0 aromatic heterocycles. The van der Waals surface area contributed by atoms with Crippen molar-refractivity contribution in [2.75, 3.05) is 6.61 Å². The number of halogens is 2. The first-order chi connectivity index (χ1) is 14.1. The molecule has 2 aliphatic carbocycles. The van der Waals surface area contributed by atoms with E-state index in [0.29, 0.717) is 18.1 Å². The van der Waals surface area contributed by atoms with Crippen LogP contribution in [0.2, 0.25) is 0 Å². The molecule has 1 nitrogen and oxygen atoms in total. The van der Waals surface area contributed by atoms with Crippen LogP contribution in [-0.2, 0) is 0 Å². The predicted molar refractivity (Wildman–Crippen MR) is 116 cm³/mol. The Bertz CT molecular complexity index is 680. The second-order valence-electron chi connectivity index (χ2n) is 8.85. The minimum Gasteiger partial charge on any atom is -0.491 e. The van der Waals surface area contributed by atoms with Gasteiger partial charge in [-0.25, -0.2) is 4.39 Å². The van der Waals surface area contributed by atoms with Crippen LogP contribution in [0.25, 0.3) is 0 Å². The standard InChI is InChI=1S/C26H36F2O/c1-3-19-9-11-20(12-10-19)7-5-6-8-21-13-15-22(16-14-21)23-17-18-24(29-4-2)26(28)25(23)27/h3,5,7,17-22H,1,4,6,8-16H2,2H3. The highest BCUT2D eigenvalue weighted by Crippen LogP contribution is 2.40. The minimum absolute atomic E-state index is 0.0206. The fourth-order valence-corrected chi connectivity index (χ4v) is 5.08. The molecule has 0 unspecified atom stereocenters. The van der Waals surface area contributed by atoms with Gasteiger partial charge in [0.1, 0.15) is 0 Å². The van der Waals surface area contributed by atoms with Crippen molar-refractivity contribution in [3.8, 4) is 5.75 Å². The molecule has 3 rings (SSSR count). The molecule has 0 atom stereocenters. The van der Waals surface area contributed by atoms with Crippen LogP contribution in [0.4, 0.5) is 8.78 Å². The lowest BCUT2D eigenvalue weighted by atomic mass is 9.77. The summed E-state index contributed by atoms with van der Waals surface area (Å²) in [5.74, 6) is 0.789. The van der Waals surface area contributed by atoms with E-state index in [1.807, 2.05) is 0 Å². The average molecular weight is 403 g/mol. The Balaban J connectivity index is 1.41. The summed E-state index contributed by atoms with van der Waals surface area (Å²) < 4.78 is 33.8. The van der Waals surface area contributed by atoms with Gasteiger partial charge in [-0.15, -0.1) is 6.58 Å². The van der Waals surface area contributed by atoms with Crippen molar-refractivity contribution in [2.45, 2.75) is 77.0 Å². The van der Waals surface area contributed by atoms with Crippen molar-refractivity contribution in [1.82, 2.24) is 0 Å². The van der Waals surface area contributed by atoms with Crippen molar-refractivity contribution >= 4 is 0 Å². The van der Waals surface area contributed by atoms with Crippen LogP contribution in [0.15, 0.2) is 36.9 Å². The first-order valence-electron chi connectivity index (χ1n) is 11.5. The zero-order chi connectivity index (χ0) is 20.6. The van der Waals surface area contributed by atoms with Gasteiger partial charge in [-0.05, 0) is 106 Å². The Morgan fingerprint density at radius 3 is 2.31 bits per heavy atom. The van der Waals surface area contributed by atoms with Gasteiger partial charge in [-0.3, -0.25) is 0 Å². The SMILES string of the molecule is C=CC1CCC(C=CCCC2CCC(c3ccc(OCC)c(F)c3F)CC2)CC1. The monoisotopic (exact) mass is 402 g/mol. The van der Waals surface area contributed by atoms with E-state index in [4.69, 9.17) is 4.74 Å². The van der Waals surface area contributed by atoms with Crippen LogP contribution in [0.3, 0.4) is 0 Å². The number of allylic oxidation sites excluding steroid dienone is 3. The lowest BCUT2D eigenvalue weighted by Crippen LogP contribution is -2.15. The number of rotatable bonds is 8. The van der Waals surface area contributed by atoms with Gasteiger partial charge in [0.2, 0.25) is 5.82 Å². The highest BCUT2D eigenvalue weighted by molar-refractivity contribution is 5.33. The number of hydrogen-bond acceptors (Lipinski definition) is 1. The smallest absolute Gasteiger partial charge is 0.200 e. The van der Waals surface area contributed by atoms with E-state index in [1.54, 1.807) is 19.1 Å². The van der Waals surface area contributed by atoms with E-state index in [-0.39, 0.29) is 11.7 Å². The summed E-state index contributed by atoms with van der Waals surface area (Å²) in [5.41, 5.74) is 0.527. The fourth-order valence-electron chi connectivity index (χ4n) is 5.08. The van der Waals surface area contributed by atoms with Gasteiger partial charge < -0.3 is 4.74 Å². The van der Waals surface area contributed by atoms with Crippen LogP contribution in [-0.4, -0.2) is 6.61 Å². The normalized spacial score (nSPS) is 27.8. The Kier molecular flexibility index (Phi) is 8.32. The quantitative estimate of drug-likeness (QED) is 0.401. The Labute approximate surface area is 175 Å². The molecule has 0 aliphatic heterocycles. The molecule has 2 saturated carbocycles. The van der Waals surface area contributed by atoms with Crippen molar-refractivity contribution in [3.05, 3.63) is 54.1 Å². The van der Waals surface area contributed by atoms with E-state index in [2.05, 4.69) is 24.8 Å². The molecule has 0 radical (unpaired) electrons. The molecule has 0 spiro atoms. The predicted octanol–water partition coefficient (Wildman–Crippen LogP) is 7.97. The molecule has 1 aromatic carbocycles. The number of ether oxygens (including phenoxy) is 1. The molecule has 2 aliphatic rings. The van der Waals surface area contributed by atoms with Crippen LogP contribution in [0, 0.1) is 29.4 Å². The van der Waals surface area contributed by atoms with Crippen LogP contribution >= 0.6 is 0 Å². The minimum atomic E-state index is -0.835. The summed E-state index contributed by atoms with van der Waals surface area (Å²) in [6, 6.07) is 3.30. The second-order valence-corrected chi connectivity index (χ2v) is 8.85. The summed E-state index contributed by atoms with van der Waals surface area (Å²) >= 11 is 0. The molecule has 1 aromatic rings. The van der Waals surface area contributed by atoms with E-state index in [9.17, 15) is 8.78 Å². The van der Waals surface area contributed by atoms with Crippen LogP contribution < -0.4 is 4.74 Å². The summed E-state index contributed by atoms with van der Waals surface area (Å²) in [7, 11) is 0. The zero-order valence-electron chi connectivity index (χ0n) is 17.8. The van der Waals surface area contributed by atoms with E-state index < -0.39 is 11.6 Å². The molecular weight excluding hydrogens is 366 g/mol. The van der Waals surface area contributed by atoms with E-state index in [1.165, 1.54) is 32.1 Å². The highest BCUT2D eigenvalue weighted by atomic mass is 19.2. The molecular formula is C26H36F2O. The summed E-state index contributed by atoms with van der Waals surface area (Å²) in [6.07, 6.45) is 18.6. The van der Waals surface area contributed by atoms with Gasteiger partial charge in [0.25, 0.3) is 0 Å². The van der Waals surface area contributed by atoms with Gasteiger partial charge in [0.15, 0.2) is 11.6 Å². The van der Waals surface area contributed by atoms with Crippen LogP contribution in [0.1, 0.15) is 82.6 Å². The molecule has 0 heterocycles. The van der Waals surface area contributed by atoms with Gasteiger partial charge >= 0.3 is 0 Å². The van der Waals surface area contributed by atoms with Crippen molar-refractivity contribution in [3.63, 3.8) is 0 Å². The third-order valence-corrected chi connectivity index (χ3v) is 6.96. The van der Waals surface area contributed by atoms with E-state index in [0.717, 1.165) is 43.9 Å². The topological polar surface area (TPSA) is 9.23 Å². The average Bonchev–Trinajstić information content (AvgIpc) is 2.76. The van der Waals surface area contributed by atoms with E-state index >= 15 is 0 Å². The fraction of sp³-hybridized carbons (Fsp3) is 0.615. The van der Waals surface area contributed by atoms with Gasteiger partial charge in [-0.2, -0.15) is 4.39 Å². The summed E-state index contributed by atoms with van der Waals surface area (Å²) in [5, 5.41) is 0. The van der Waals surface area contributed by atoms with Crippen molar-refractivity contribution in [1.29, 1.82) is 0 Å². The number of hydrogen-bond donors (Lipinski definition) is 0. The Morgan fingerprint density at radius 1 is 0.966 bits per heavy atom. The molecule has 160 valence electrons. The third kappa shape index (κ3) is 5.93. The zero-order valence-corrected chi connectivity index (χ0v) is 17.8. The molecule has 3 heteroatoms. The highest BCUT2D eigenvalue weighted by Gasteiger charge is 2.26. The lowest BCUT2D eigenvalue weighted by Gasteiger charge is -2.29. The Morgan fingerprint density at radius 2 is 1.66 bits per heavy atom. The second kappa shape index (κ2) is 10.9. The lowest BCUT2D eigenvalue weighted by molar-refractivity contribution is 0.297. The molecule has 0 N–H and O–H groups in total. The molecule has 0 saturated heterocycles. The largest absolute Gasteiger partial charge is 0.491 e. The summed E-state index contributed by atoms with van der Waals surface area (Å²) in [6.45, 7) is 6.03. The molecule has 0 amide bonds. The van der Waals surface area contributed by atoms with Crippen molar-refractivity contribution in [2.24, 2.45) is 17.8 Å². The maximum atomic E-state index is 14.5. The maximum Gasteiger partial charge on any atom is 0.200 e. The molecule has 29 heavy (non-hydrogen) atoms. The van der Waals surface area contributed by atoms with Crippen molar-refractivity contribution < 1.29 is 13.5 Å². The maximum absolute atomic E-state index is 14.5. The van der Waals surface area contributed by atoms with Crippen LogP contribution in [0.5, 0.6) is 5.75 Å². The first-order valence-corrected chi connectivity index (χ1v) is 11.5. The third-order valence-electron chi connectivity index (χ3n) is 6.96. The Hall–Kier alpha value is -1.64. The number of benzene rings is 1. The molecule has 0 bridgehead atoms. The summed E-state index contributed by atoms with van der Waals surface area (Å²) in [4.78, 5) is 0. The van der Waals surface area contributed by atoms with Gasteiger partial charge in [0, 0.05) is 0 Å².